The minimum atomic E-state index is -0.0328. The second-order valence-corrected chi connectivity index (χ2v) is 5.63. The van der Waals surface area contributed by atoms with Crippen molar-refractivity contribution in [2.45, 2.75) is 26.8 Å². The Morgan fingerprint density at radius 2 is 1.77 bits per heavy atom. The van der Waals surface area contributed by atoms with Gasteiger partial charge in [-0.05, 0) is 49.6 Å². The average molecular weight is 297 g/mol. The van der Waals surface area contributed by atoms with E-state index in [2.05, 4.69) is 6.92 Å². The van der Waals surface area contributed by atoms with Crippen LogP contribution in [0.25, 0.3) is 0 Å². The zero-order valence-corrected chi connectivity index (χ0v) is 13.7. The lowest BCUT2D eigenvalue weighted by Gasteiger charge is -2.25. The van der Waals surface area contributed by atoms with E-state index >= 15 is 0 Å². The molecule has 2 aromatic carbocycles. The number of likely N-dealkylation sites (N-methyl/N-ethyl adjacent to an activating group) is 1. The molecular weight excluding hydrogens is 274 g/mol. The molecule has 0 radical (unpaired) electrons. The molecule has 0 N–H and O–H groups in total. The molecule has 1 unspecified atom stereocenters. The Morgan fingerprint density at radius 3 is 2.41 bits per heavy atom. The number of amides is 1. The molecule has 0 saturated carbocycles. The van der Waals surface area contributed by atoms with E-state index in [0.717, 1.165) is 16.9 Å². The number of benzene rings is 2. The molecule has 0 aromatic heterocycles. The van der Waals surface area contributed by atoms with Crippen LogP contribution in [0.1, 0.15) is 29.7 Å². The van der Waals surface area contributed by atoms with Gasteiger partial charge in [0.15, 0.2) is 6.61 Å². The first-order valence-corrected chi connectivity index (χ1v) is 7.49. The van der Waals surface area contributed by atoms with Crippen LogP contribution in [0, 0.1) is 13.8 Å². The third-order valence-corrected chi connectivity index (χ3v) is 4.10. The van der Waals surface area contributed by atoms with E-state index in [4.69, 9.17) is 4.74 Å². The molecule has 0 heterocycles. The van der Waals surface area contributed by atoms with Crippen LogP contribution in [0.2, 0.25) is 0 Å². The lowest BCUT2D eigenvalue weighted by Crippen LogP contribution is -2.33. The maximum atomic E-state index is 12.3. The van der Waals surface area contributed by atoms with Crippen LogP contribution in [0.15, 0.2) is 48.5 Å². The minimum Gasteiger partial charge on any atom is -0.484 e. The van der Waals surface area contributed by atoms with Crippen LogP contribution in [0.3, 0.4) is 0 Å². The standard InChI is InChI=1S/C19H23NO2/c1-14-10-11-18(12-15(14)2)22-13-19(21)20(4)16(3)17-8-6-5-7-9-17/h5-12,16H,13H2,1-4H3. The molecule has 3 nitrogen and oxygen atoms in total. The first kappa shape index (κ1) is 16.1. The van der Waals surface area contributed by atoms with Gasteiger partial charge in [0.1, 0.15) is 5.75 Å². The molecule has 1 amide bonds. The highest BCUT2D eigenvalue weighted by Gasteiger charge is 2.17. The fourth-order valence-corrected chi connectivity index (χ4v) is 2.22. The molecule has 22 heavy (non-hydrogen) atoms. The second kappa shape index (κ2) is 7.12. The van der Waals surface area contributed by atoms with Crippen molar-refractivity contribution in [3.8, 4) is 5.75 Å². The van der Waals surface area contributed by atoms with Crippen LogP contribution in [0.4, 0.5) is 0 Å². The fraction of sp³-hybridized carbons (Fsp3) is 0.316. The SMILES string of the molecule is Cc1ccc(OCC(=O)N(C)C(C)c2ccccc2)cc1C. The van der Waals surface area contributed by atoms with E-state index in [9.17, 15) is 4.79 Å². The van der Waals surface area contributed by atoms with E-state index in [0.29, 0.717) is 0 Å². The largest absolute Gasteiger partial charge is 0.484 e. The summed E-state index contributed by atoms with van der Waals surface area (Å²) in [5.41, 5.74) is 3.49. The second-order valence-electron chi connectivity index (χ2n) is 5.63. The van der Waals surface area contributed by atoms with Gasteiger partial charge in [0.25, 0.3) is 5.91 Å². The topological polar surface area (TPSA) is 29.5 Å². The average Bonchev–Trinajstić information content (AvgIpc) is 2.55. The van der Waals surface area contributed by atoms with Gasteiger partial charge in [-0.25, -0.2) is 0 Å². The molecule has 0 aliphatic heterocycles. The summed E-state index contributed by atoms with van der Waals surface area (Å²) >= 11 is 0. The van der Waals surface area contributed by atoms with Crippen LogP contribution in [-0.2, 0) is 4.79 Å². The molecule has 0 fully saturated rings. The van der Waals surface area contributed by atoms with E-state index in [-0.39, 0.29) is 18.6 Å². The van der Waals surface area contributed by atoms with Crippen LogP contribution in [-0.4, -0.2) is 24.5 Å². The summed E-state index contributed by atoms with van der Waals surface area (Å²) in [6.07, 6.45) is 0. The number of rotatable bonds is 5. The molecule has 2 rings (SSSR count). The molecular formula is C19H23NO2. The quantitative estimate of drug-likeness (QED) is 0.837. The summed E-state index contributed by atoms with van der Waals surface area (Å²) in [4.78, 5) is 14.0. The van der Waals surface area contributed by atoms with Gasteiger partial charge in [-0.2, -0.15) is 0 Å². The number of ether oxygens (including phenoxy) is 1. The maximum absolute atomic E-state index is 12.3. The predicted molar refractivity (Wildman–Crippen MR) is 89.0 cm³/mol. The van der Waals surface area contributed by atoms with Gasteiger partial charge < -0.3 is 9.64 Å². The molecule has 116 valence electrons. The first-order chi connectivity index (χ1) is 10.5. The molecule has 0 saturated heterocycles. The zero-order chi connectivity index (χ0) is 16.1. The lowest BCUT2D eigenvalue weighted by molar-refractivity contribution is -0.134. The molecule has 0 aliphatic rings. The molecule has 1 atom stereocenters. The third-order valence-electron chi connectivity index (χ3n) is 4.10. The number of hydrogen-bond acceptors (Lipinski definition) is 2. The van der Waals surface area contributed by atoms with Crippen LogP contribution < -0.4 is 4.74 Å². The summed E-state index contributed by atoms with van der Waals surface area (Å²) in [6, 6.07) is 15.9. The first-order valence-electron chi connectivity index (χ1n) is 7.49. The van der Waals surface area contributed by atoms with Gasteiger partial charge in [-0.3, -0.25) is 4.79 Å². The highest BCUT2D eigenvalue weighted by Crippen LogP contribution is 2.19. The monoisotopic (exact) mass is 297 g/mol. The molecule has 0 bridgehead atoms. The van der Waals surface area contributed by atoms with Gasteiger partial charge in [-0.15, -0.1) is 0 Å². The number of carbonyl (C=O) groups excluding carboxylic acids is 1. The van der Waals surface area contributed by atoms with Crippen LogP contribution in [0.5, 0.6) is 5.75 Å². The van der Waals surface area contributed by atoms with Crippen molar-refractivity contribution in [2.24, 2.45) is 0 Å². The van der Waals surface area contributed by atoms with Crippen molar-refractivity contribution in [2.75, 3.05) is 13.7 Å². The van der Waals surface area contributed by atoms with Crippen molar-refractivity contribution in [3.63, 3.8) is 0 Å². The summed E-state index contributed by atoms with van der Waals surface area (Å²) in [5.74, 6) is 0.701. The van der Waals surface area contributed by atoms with Crippen LogP contribution >= 0.6 is 0 Å². The number of nitrogens with zero attached hydrogens (tertiary/aromatic N) is 1. The van der Waals surface area contributed by atoms with E-state index < -0.39 is 0 Å². The number of carbonyl (C=O) groups is 1. The fourth-order valence-electron chi connectivity index (χ4n) is 2.22. The third kappa shape index (κ3) is 3.88. The summed E-state index contributed by atoms with van der Waals surface area (Å²) in [5, 5.41) is 0. The van der Waals surface area contributed by atoms with E-state index in [1.807, 2.05) is 69.4 Å². The van der Waals surface area contributed by atoms with Gasteiger partial charge in [-0.1, -0.05) is 36.4 Å². The Balaban J connectivity index is 1.95. The Kier molecular flexibility index (Phi) is 5.21. The lowest BCUT2D eigenvalue weighted by atomic mass is 10.1. The molecule has 3 heteroatoms. The van der Waals surface area contributed by atoms with Crippen molar-refractivity contribution in [3.05, 3.63) is 65.2 Å². The molecule has 2 aromatic rings. The summed E-state index contributed by atoms with van der Waals surface area (Å²) < 4.78 is 5.62. The maximum Gasteiger partial charge on any atom is 0.260 e. The normalized spacial score (nSPS) is 11.8. The highest BCUT2D eigenvalue weighted by molar-refractivity contribution is 5.78. The van der Waals surface area contributed by atoms with E-state index in [1.54, 1.807) is 4.90 Å². The van der Waals surface area contributed by atoms with Gasteiger partial charge in [0.2, 0.25) is 0 Å². The minimum absolute atomic E-state index is 0.0250. The summed E-state index contributed by atoms with van der Waals surface area (Å²) in [7, 11) is 1.81. The van der Waals surface area contributed by atoms with Crippen molar-refractivity contribution < 1.29 is 9.53 Å². The van der Waals surface area contributed by atoms with E-state index in [1.165, 1.54) is 5.56 Å². The predicted octanol–water partition coefficient (Wildman–Crippen LogP) is 3.90. The smallest absolute Gasteiger partial charge is 0.260 e. The number of aryl methyl sites for hydroxylation is 2. The van der Waals surface area contributed by atoms with Crippen molar-refractivity contribution >= 4 is 5.91 Å². The van der Waals surface area contributed by atoms with Gasteiger partial charge in [0.05, 0.1) is 6.04 Å². The zero-order valence-electron chi connectivity index (χ0n) is 13.7. The van der Waals surface area contributed by atoms with Gasteiger partial charge in [0, 0.05) is 7.05 Å². The Hall–Kier alpha value is -2.29. The highest BCUT2D eigenvalue weighted by atomic mass is 16.5. The van der Waals surface area contributed by atoms with Gasteiger partial charge >= 0.3 is 0 Å². The van der Waals surface area contributed by atoms with Crippen molar-refractivity contribution in [1.82, 2.24) is 4.90 Å². The van der Waals surface area contributed by atoms with Crippen molar-refractivity contribution in [1.29, 1.82) is 0 Å². The summed E-state index contributed by atoms with van der Waals surface area (Å²) in [6.45, 7) is 6.16. The molecule has 0 aliphatic carbocycles. The Bertz CT molecular complexity index is 637. The number of hydrogen-bond donors (Lipinski definition) is 0. The Labute approximate surface area is 132 Å². The Morgan fingerprint density at radius 1 is 1.09 bits per heavy atom. The molecule has 0 spiro atoms.